The Morgan fingerprint density at radius 2 is 1.73 bits per heavy atom. The smallest absolute Gasteiger partial charge is 0.242 e. The van der Waals surface area contributed by atoms with Gasteiger partial charge in [-0.15, -0.1) is 0 Å². The van der Waals surface area contributed by atoms with Gasteiger partial charge in [0.25, 0.3) is 0 Å². The zero-order chi connectivity index (χ0) is 21.7. The molecule has 1 amide bonds. The molecule has 0 saturated carbocycles. The van der Waals surface area contributed by atoms with Gasteiger partial charge in [0, 0.05) is 44.6 Å². The average Bonchev–Trinajstić information content (AvgIpc) is 2.97. The van der Waals surface area contributed by atoms with Crippen LogP contribution < -0.4 is 14.8 Å². The predicted octanol–water partition coefficient (Wildman–Crippen LogP) is 2.70. The zero-order valence-corrected chi connectivity index (χ0v) is 17.7. The second-order valence-electron chi connectivity index (χ2n) is 7.00. The summed E-state index contributed by atoms with van der Waals surface area (Å²) in [5.41, 5.74) is 0.803. The molecule has 160 valence electrons. The van der Waals surface area contributed by atoms with E-state index in [4.69, 9.17) is 9.47 Å². The van der Waals surface area contributed by atoms with Crippen molar-refractivity contribution in [1.29, 1.82) is 0 Å². The van der Waals surface area contributed by atoms with E-state index >= 15 is 0 Å². The van der Waals surface area contributed by atoms with Crippen molar-refractivity contribution < 1.29 is 27.5 Å². The number of nitrogens with zero attached hydrogens (tertiary/aromatic N) is 1. The van der Waals surface area contributed by atoms with Crippen molar-refractivity contribution in [2.75, 3.05) is 32.6 Å². The number of carbonyl (C=O) groups excluding carboxylic acids is 2. The lowest BCUT2D eigenvalue weighted by molar-refractivity contribution is -0.116. The van der Waals surface area contributed by atoms with Crippen LogP contribution in [0.2, 0.25) is 0 Å². The molecule has 0 aliphatic carbocycles. The van der Waals surface area contributed by atoms with Crippen LogP contribution in [0.25, 0.3) is 0 Å². The van der Waals surface area contributed by atoms with E-state index in [-0.39, 0.29) is 29.4 Å². The minimum absolute atomic E-state index is 0.0150. The minimum atomic E-state index is -3.60. The minimum Gasteiger partial charge on any atom is -0.490 e. The fourth-order valence-corrected chi connectivity index (χ4v) is 3.82. The molecule has 3 rings (SSSR count). The van der Waals surface area contributed by atoms with Crippen LogP contribution in [0.4, 0.5) is 5.69 Å². The Balaban J connectivity index is 1.60. The zero-order valence-electron chi connectivity index (χ0n) is 16.9. The van der Waals surface area contributed by atoms with E-state index in [9.17, 15) is 18.0 Å². The van der Waals surface area contributed by atoms with Gasteiger partial charge in [-0.2, -0.15) is 0 Å². The highest BCUT2D eigenvalue weighted by Gasteiger charge is 2.18. The Morgan fingerprint density at radius 1 is 1.00 bits per heavy atom. The lowest BCUT2D eigenvalue weighted by atomic mass is 10.1. The first kappa shape index (κ1) is 21.8. The largest absolute Gasteiger partial charge is 0.490 e. The molecule has 1 aliphatic rings. The van der Waals surface area contributed by atoms with Crippen molar-refractivity contribution in [1.82, 2.24) is 4.31 Å². The second kappa shape index (κ2) is 9.27. The number of hydrogen-bond donors (Lipinski definition) is 1. The predicted molar refractivity (Wildman–Crippen MR) is 112 cm³/mol. The molecule has 1 heterocycles. The molecule has 0 atom stereocenters. The molecule has 8 nitrogen and oxygen atoms in total. The summed E-state index contributed by atoms with van der Waals surface area (Å²) in [5.74, 6) is 0.567. The first-order valence-electron chi connectivity index (χ1n) is 9.52. The molecule has 9 heteroatoms. The van der Waals surface area contributed by atoms with E-state index in [0.29, 0.717) is 36.0 Å². The SMILES string of the molecule is CN(C)S(=O)(=O)c1cccc(NC(=O)CCC(=O)c2ccc3c(c2)OCCCO3)c1. The summed E-state index contributed by atoms with van der Waals surface area (Å²) in [7, 11) is -0.729. The van der Waals surface area contributed by atoms with Crippen LogP contribution in [0, 0.1) is 0 Å². The third-order valence-electron chi connectivity index (χ3n) is 4.54. The number of anilines is 1. The van der Waals surface area contributed by atoms with Crippen LogP contribution >= 0.6 is 0 Å². The van der Waals surface area contributed by atoms with E-state index in [1.54, 1.807) is 30.3 Å². The van der Waals surface area contributed by atoms with Gasteiger partial charge in [0.05, 0.1) is 18.1 Å². The van der Waals surface area contributed by atoms with Gasteiger partial charge in [-0.3, -0.25) is 9.59 Å². The number of amides is 1. The van der Waals surface area contributed by atoms with Gasteiger partial charge in [0.1, 0.15) is 0 Å². The number of Topliss-reactive ketones (excluding diaryl/α,β-unsaturated/α-hetero) is 1. The molecule has 0 saturated heterocycles. The summed E-state index contributed by atoms with van der Waals surface area (Å²) in [5, 5.41) is 2.64. The highest BCUT2D eigenvalue weighted by atomic mass is 32.2. The van der Waals surface area contributed by atoms with Crippen LogP contribution in [0.5, 0.6) is 11.5 Å². The molecule has 30 heavy (non-hydrogen) atoms. The van der Waals surface area contributed by atoms with Crippen molar-refractivity contribution in [3.8, 4) is 11.5 Å². The van der Waals surface area contributed by atoms with E-state index in [2.05, 4.69) is 5.32 Å². The first-order chi connectivity index (χ1) is 14.3. The van der Waals surface area contributed by atoms with Gasteiger partial charge >= 0.3 is 0 Å². The molecule has 1 N–H and O–H groups in total. The normalized spacial score (nSPS) is 13.6. The van der Waals surface area contributed by atoms with E-state index < -0.39 is 10.0 Å². The summed E-state index contributed by atoms with van der Waals surface area (Å²) in [6.07, 6.45) is 0.758. The van der Waals surface area contributed by atoms with Gasteiger partial charge in [0.2, 0.25) is 15.9 Å². The highest BCUT2D eigenvalue weighted by Crippen LogP contribution is 2.31. The Bertz CT molecular complexity index is 1050. The molecule has 0 bridgehead atoms. The van der Waals surface area contributed by atoms with Crippen LogP contribution in [0.1, 0.15) is 29.6 Å². The fourth-order valence-electron chi connectivity index (χ4n) is 2.88. The van der Waals surface area contributed by atoms with E-state index in [1.807, 2.05) is 0 Å². The molecule has 0 aromatic heterocycles. The Hall–Kier alpha value is -2.91. The number of nitrogens with one attached hydrogen (secondary N) is 1. The molecule has 0 unspecified atom stereocenters. The lowest BCUT2D eigenvalue weighted by Crippen LogP contribution is -2.22. The van der Waals surface area contributed by atoms with Crippen LogP contribution in [0.15, 0.2) is 47.4 Å². The average molecular weight is 432 g/mol. The molecule has 0 spiro atoms. The van der Waals surface area contributed by atoms with Crippen LogP contribution in [-0.2, 0) is 14.8 Å². The van der Waals surface area contributed by atoms with Crippen molar-refractivity contribution in [2.24, 2.45) is 0 Å². The molecule has 1 aliphatic heterocycles. The second-order valence-corrected chi connectivity index (χ2v) is 9.15. The van der Waals surface area contributed by atoms with E-state index in [1.165, 1.54) is 26.2 Å². The summed E-state index contributed by atoms with van der Waals surface area (Å²) >= 11 is 0. The maximum Gasteiger partial charge on any atom is 0.242 e. The van der Waals surface area contributed by atoms with Crippen molar-refractivity contribution in [2.45, 2.75) is 24.2 Å². The van der Waals surface area contributed by atoms with Crippen molar-refractivity contribution in [3.63, 3.8) is 0 Å². The number of fused-ring (bicyclic) bond motifs is 1. The highest BCUT2D eigenvalue weighted by molar-refractivity contribution is 7.89. The maximum atomic E-state index is 12.5. The first-order valence-corrected chi connectivity index (χ1v) is 11.0. The monoisotopic (exact) mass is 432 g/mol. The number of hydrogen-bond acceptors (Lipinski definition) is 6. The number of ketones is 1. The van der Waals surface area contributed by atoms with Gasteiger partial charge in [-0.25, -0.2) is 12.7 Å². The standard InChI is InChI=1S/C21H24N2O6S/c1-23(2)30(26,27)17-6-3-5-16(14-17)22-21(25)10-8-18(24)15-7-9-19-20(13-15)29-12-4-11-28-19/h3,5-7,9,13-14H,4,8,10-12H2,1-2H3,(H,22,25). The molecule has 0 fully saturated rings. The number of benzene rings is 2. The number of rotatable bonds is 7. The van der Waals surface area contributed by atoms with Crippen molar-refractivity contribution >= 4 is 27.4 Å². The molecule has 0 radical (unpaired) electrons. The van der Waals surface area contributed by atoms with Crippen LogP contribution in [-0.4, -0.2) is 51.7 Å². The Kier molecular flexibility index (Phi) is 6.73. The third-order valence-corrected chi connectivity index (χ3v) is 6.36. The summed E-state index contributed by atoms with van der Waals surface area (Å²) < 4.78 is 36.7. The van der Waals surface area contributed by atoms with Crippen molar-refractivity contribution in [3.05, 3.63) is 48.0 Å². The summed E-state index contributed by atoms with van der Waals surface area (Å²) in [4.78, 5) is 24.8. The Morgan fingerprint density at radius 3 is 2.47 bits per heavy atom. The molecule has 2 aromatic rings. The molecular weight excluding hydrogens is 408 g/mol. The number of ether oxygens (including phenoxy) is 2. The van der Waals surface area contributed by atoms with Gasteiger partial charge in [-0.05, 0) is 36.4 Å². The maximum absolute atomic E-state index is 12.5. The van der Waals surface area contributed by atoms with Gasteiger partial charge < -0.3 is 14.8 Å². The number of carbonyl (C=O) groups is 2. The summed E-state index contributed by atoms with van der Waals surface area (Å²) in [6, 6.07) is 11.0. The Labute approximate surface area is 175 Å². The van der Waals surface area contributed by atoms with Gasteiger partial charge in [0.15, 0.2) is 17.3 Å². The molecule has 2 aromatic carbocycles. The van der Waals surface area contributed by atoms with Crippen LogP contribution in [0.3, 0.4) is 0 Å². The fraction of sp³-hybridized carbons (Fsp3) is 0.333. The molecular formula is C21H24N2O6S. The quantitative estimate of drug-likeness (QED) is 0.675. The van der Waals surface area contributed by atoms with Gasteiger partial charge in [-0.1, -0.05) is 6.07 Å². The third kappa shape index (κ3) is 5.17. The topological polar surface area (TPSA) is 102 Å². The van der Waals surface area contributed by atoms with E-state index in [0.717, 1.165) is 10.7 Å². The summed E-state index contributed by atoms with van der Waals surface area (Å²) in [6.45, 7) is 1.09. The lowest BCUT2D eigenvalue weighted by Gasteiger charge is -2.12. The number of sulfonamides is 1.